The van der Waals surface area contributed by atoms with E-state index < -0.39 is 6.17 Å². The SMILES string of the molecule is N#CC(F)Cc1c[c]ccc1. The molecular weight excluding hydrogens is 141 g/mol. The molecule has 1 atom stereocenters. The van der Waals surface area contributed by atoms with E-state index in [1.54, 1.807) is 24.3 Å². The van der Waals surface area contributed by atoms with Gasteiger partial charge in [-0.05, 0) is 11.6 Å². The molecule has 1 aromatic carbocycles. The van der Waals surface area contributed by atoms with Crippen molar-refractivity contribution in [3.8, 4) is 6.07 Å². The average molecular weight is 148 g/mol. The van der Waals surface area contributed by atoms with Gasteiger partial charge in [0.2, 0.25) is 0 Å². The van der Waals surface area contributed by atoms with Crippen LogP contribution in [0.5, 0.6) is 0 Å². The molecule has 1 radical (unpaired) electrons. The minimum absolute atomic E-state index is 0.161. The van der Waals surface area contributed by atoms with Crippen molar-refractivity contribution in [2.45, 2.75) is 12.6 Å². The predicted molar refractivity (Wildman–Crippen MR) is 39.5 cm³/mol. The molecule has 0 fully saturated rings. The van der Waals surface area contributed by atoms with Crippen LogP contribution in [0, 0.1) is 17.4 Å². The van der Waals surface area contributed by atoms with Crippen LogP contribution in [0.1, 0.15) is 5.56 Å². The largest absolute Gasteiger partial charge is 0.231 e. The highest BCUT2D eigenvalue weighted by molar-refractivity contribution is 5.15. The van der Waals surface area contributed by atoms with Crippen LogP contribution in [-0.4, -0.2) is 6.17 Å². The molecule has 0 saturated carbocycles. The summed E-state index contributed by atoms with van der Waals surface area (Å²) in [6, 6.07) is 11.3. The Morgan fingerprint density at radius 2 is 2.55 bits per heavy atom. The van der Waals surface area contributed by atoms with E-state index in [4.69, 9.17) is 5.26 Å². The fourth-order valence-corrected chi connectivity index (χ4v) is 0.810. The number of hydrogen-bond donors (Lipinski definition) is 0. The van der Waals surface area contributed by atoms with Gasteiger partial charge < -0.3 is 0 Å². The molecule has 0 heterocycles. The highest BCUT2D eigenvalue weighted by atomic mass is 19.1. The molecule has 1 nitrogen and oxygen atoms in total. The Labute approximate surface area is 65.1 Å². The molecule has 0 bridgehead atoms. The van der Waals surface area contributed by atoms with Crippen molar-refractivity contribution in [1.82, 2.24) is 0 Å². The minimum Gasteiger partial charge on any atom is -0.231 e. The monoisotopic (exact) mass is 148 g/mol. The van der Waals surface area contributed by atoms with Crippen molar-refractivity contribution >= 4 is 0 Å². The molecule has 0 spiro atoms. The van der Waals surface area contributed by atoms with Crippen molar-refractivity contribution in [1.29, 1.82) is 5.26 Å². The average Bonchev–Trinajstić information content (AvgIpc) is 2.06. The van der Waals surface area contributed by atoms with Crippen LogP contribution in [0.3, 0.4) is 0 Å². The van der Waals surface area contributed by atoms with Crippen molar-refractivity contribution < 1.29 is 4.39 Å². The maximum atomic E-state index is 12.4. The molecule has 11 heavy (non-hydrogen) atoms. The summed E-state index contributed by atoms with van der Waals surface area (Å²) in [5, 5.41) is 8.16. The van der Waals surface area contributed by atoms with Crippen LogP contribution in [-0.2, 0) is 6.42 Å². The molecule has 0 aliphatic rings. The van der Waals surface area contributed by atoms with Gasteiger partial charge in [-0.25, -0.2) is 4.39 Å². The number of nitriles is 1. The highest BCUT2D eigenvalue weighted by Crippen LogP contribution is 2.03. The van der Waals surface area contributed by atoms with Crippen LogP contribution < -0.4 is 0 Å². The highest BCUT2D eigenvalue weighted by Gasteiger charge is 2.03. The van der Waals surface area contributed by atoms with Crippen LogP contribution in [0.25, 0.3) is 0 Å². The summed E-state index contributed by atoms with van der Waals surface area (Å²) in [7, 11) is 0. The van der Waals surface area contributed by atoms with E-state index in [1.807, 2.05) is 0 Å². The van der Waals surface area contributed by atoms with Gasteiger partial charge in [-0.15, -0.1) is 0 Å². The summed E-state index contributed by atoms with van der Waals surface area (Å²) in [6.45, 7) is 0. The second-order valence-electron chi connectivity index (χ2n) is 2.21. The molecule has 0 amide bonds. The molecule has 0 N–H and O–H groups in total. The number of halogens is 1. The van der Waals surface area contributed by atoms with E-state index >= 15 is 0 Å². The lowest BCUT2D eigenvalue weighted by atomic mass is 10.1. The van der Waals surface area contributed by atoms with Gasteiger partial charge >= 0.3 is 0 Å². The number of hydrogen-bond acceptors (Lipinski definition) is 1. The molecular formula is C9H7FN. The maximum Gasteiger partial charge on any atom is 0.190 e. The van der Waals surface area contributed by atoms with E-state index in [0.717, 1.165) is 5.56 Å². The molecule has 1 rings (SSSR count). The van der Waals surface area contributed by atoms with Crippen molar-refractivity contribution in [3.05, 3.63) is 35.9 Å². The van der Waals surface area contributed by atoms with E-state index in [9.17, 15) is 4.39 Å². The van der Waals surface area contributed by atoms with Gasteiger partial charge in [-0.1, -0.05) is 24.3 Å². The zero-order valence-electron chi connectivity index (χ0n) is 5.92. The summed E-state index contributed by atoms with van der Waals surface area (Å²) < 4.78 is 12.4. The van der Waals surface area contributed by atoms with Crippen LogP contribution in [0.4, 0.5) is 4.39 Å². The van der Waals surface area contributed by atoms with Crippen LogP contribution in [0.2, 0.25) is 0 Å². The minimum atomic E-state index is -1.40. The standard InChI is InChI=1S/C9H7FN/c10-9(7-11)6-8-4-2-1-3-5-8/h1-2,4-5,9H,6H2. The third kappa shape index (κ3) is 2.38. The second-order valence-corrected chi connectivity index (χ2v) is 2.21. The Morgan fingerprint density at radius 1 is 1.73 bits per heavy atom. The number of benzene rings is 1. The third-order valence-electron chi connectivity index (χ3n) is 1.33. The van der Waals surface area contributed by atoms with Gasteiger partial charge in [0.05, 0.1) is 0 Å². The van der Waals surface area contributed by atoms with Gasteiger partial charge in [0.15, 0.2) is 6.17 Å². The Balaban J connectivity index is 2.60. The summed E-state index contributed by atoms with van der Waals surface area (Å²) >= 11 is 0. The molecule has 0 aromatic heterocycles. The third-order valence-corrected chi connectivity index (χ3v) is 1.33. The van der Waals surface area contributed by atoms with Gasteiger partial charge in [0, 0.05) is 6.42 Å². The van der Waals surface area contributed by atoms with Crippen molar-refractivity contribution in [2.75, 3.05) is 0 Å². The molecule has 0 saturated heterocycles. The predicted octanol–water partition coefficient (Wildman–Crippen LogP) is 1.89. The summed E-state index contributed by atoms with van der Waals surface area (Å²) in [5.74, 6) is 0. The molecule has 1 unspecified atom stereocenters. The Morgan fingerprint density at radius 3 is 3.09 bits per heavy atom. The Kier molecular flexibility index (Phi) is 2.62. The summed E-state index contributed by atoms with van der Waals surface area (Å²) in [6.07, 6.45) is -1.24. The lowest BCUT2D eigenvalue weighted by Crippen LogP contribution is -1.99. The van der Waals surface area contributed by atoms with Crippen LogP contribution in [0.15, 0.2) is 24.3 Å². The van der Waals surface area contributed by atoms with E-state index in [1.165, 1.54) is 6.07 Å². The van der Waals surface area contributed by atoms with Gasteiger partial charge in [0.1, 0.15) is 6.07 Å². The van der Waals surface area contributed by atoms with Gasteiger partial charge in [0.25, 0.3) is 0 Å². The van der Waals surface area contributed by atoms with E-state index in [0.29, 0.717) is 0 Å². The zero-order valence-corrected chi connectivity index (χ0v) is 5.92. The molecule has 0 aliphatic heterocycles. The molecule has 1 aromatic rings. The van der Waals surface area contributed by atoms with E-state index in [2.05, 4.69) is 6.07 Å². The second kappa shape index (κ2) is 3.72. The number of nitrogens with zero attached hydrogens (tertiary/aromatic N) is 1. The molecule has 2 heteroatoms. The normalized spacial score (nSPS) is 12.0. The smallest absolute Gasteiger partial charge is 0.190 e. The zero-order chi connectivity index (χ0) is 8.10. The first-order chi connectivity index (χ1) is 5.33. The summed E-state index contributed by atoms with van der Waals surface area (Å²) in [4.78, 5) is 0. The Hall–Kier alpha value is -1.36. The van der Waals surface area contributed by atoms with Crippen molar-refractivity contribution in [3.63, 3.8) is 0 Å². The molecule has 0 aliphatic carbocycles. The van der Waals surface area contributed by atoms with Gasteiger partial charge in [-0.3, -0.25) is 0 Å². The first-order valence-electron chi connectivity index (χ1n) is 3.31. The van der Waals surface area contributed by atoms with Crippen molar-refractivity contribution in [2.24, 2.45) is 0 Å². The fourth-order valence-electron chi connectivity index (χ4n) is 0.810. The van der Waals surface area contributed by atoms with Crippen LogP contribution >= 0.6 is 0 Å². The lowest BCUT2D eigenvalue weighted by Gasteiger charge is -1.97. The maximum absolute atomic E-state index is 12.4. The fraction of sp³-hybridized carbons (Fsp3) is 0.222. The number of alkyl halides is 1. The van der Waals surface area contributed by atoms with Gasteiger partial charge in [-0.2, -0.15) is 5.26 Å². The Bertz CT molecular complexity index is 250. The van der Waals surface area contributed by atoms with E-state index in [-0.39, 0.29) is 6.42 Å². The summed E-state index contributed by atoms with van der Waals surface area (Å²) in [5.41, 5.74) is 0.807. The lowest BCUT2D eigenvalue weighted by molar-refractivity contribution is 0.407. The first-order valence-corrected chi connectivity index (χ1v) is 3.31. The molecule has 55 valence electrons. The number of rotatable bonds is 2. The quantitative estimate of drug-likeness (QED) is 0.628. The topological polar surface area (TPSA) is 23.8 Å². The first kappa shape index (κ1) is 7.74.